The maximum Gasteiger partial charge on any atom is 0.338 e. The SMILES string of the molecule is CCCOC(=O)c1cccc(N2CC(O)=C(c3nc4ccccc4n3CC)C2=N)c1. The number of fused-ring (bicyclic) bond motifs is 1. The molecule has 1 aliphatic heterocycles. The first-order valence-corrected chi connectivity index (χ1v) is 10.1. The van der Waals surface area contributed by atoms with E-state index in [-0.39, 0.29) is 18.1 Å². The normalized spacial score (nSPS) is 14.1. The molecule has 0 radical (unpaired) electrons. The summed E-state index contributed by atoms with van der Waals surface area (Å²) in [5.74, 6) is 0.414. The van der Waals surface area contributed by atoms with Gasteiger partial charge in [-0.3, -0.25) is 5.41 Å². The Morgan fingerprint density at radius 1 is 1.20 bits per heavy atom. The summed E-state index contributed by atoms with van der Waals surface area (Å²) in [5.41, 5.74) is 3.25. The molecule has 4 rings (SSSR count). The summed E-state index contributed by atoms with van der Waals surface area (Å²) in [6.45, 7) is 5.13. The van der Waals surface area contributed by atoms with Crippen molar-refractivity contribution in [1.29, 1.82) is 5.41 Å². The molecule has 0 aliphatic carbocycles. The monoisotopic (exact) mass is 404 g/mol. The van der Waals surface area contributed by atoms with Gasteiger partial charge in [-0.15, -0.1) is 0 Å². The van der Waals surface area contributed by atoms with Gasteiger partial charge in [0.05, 0.1) is 35.3 Å². The predicted molar refractivity (Wildman–Crippen MR) is 117 cm³/mol. The van der Waals surface area contributed by atoms with Crippen LogP contribution in [0.25, 0.3) is 16.6 Å². The number of nitrogens with one attached hydrogen (secondary N) is 1. The minimum Gasteiger partial charge on any atom is -0.509 e. The van der Waals surface area contributed by atoms with Crippen molar-refractivity contribution in [3.63, 3.8) is 0 Å². The maximum atomic E-state index is 12.2. The standard InChI is InChI=1S/C23H24N4O3/c1-3-12-30-23(29)15-8-7-9-16(13-15)27-14-19(28)20(21(27)24)22-25-17-10-5-6-11-18(17)26(22)4-2/h5-11,13,24,28H,3-4,12,14H2,1-2H3. The van der Waals surface area contributed by atoms with Crippen molar-refractivity contribution in [2.75, 3.05) is 18.1 Å². The van der Waals surface area contributed by atoms with Crippen molar-refractivity contribution in [3.05, 3.63) is 65.7 Å². The molecule has 1 aliphatic rings. The topological polar surface area (TPSA) is 91.4 Å². The summed E-state index contributed by atoms with van der Waals surface area (Å²) >= 11 is 0. The highest BCUT2D eigenvalue weighted by molar-refractivity contribution is 6.30. The first-order valence-electron chi connectivity index (χ1n) is 10.1. The van der Waals surface area contributed by atoms with Gasteiger partial charge in [-0.1, -0.05) is 25.1 Å². The fourth-order valence-corrected chi connectivity index (χ4v) is 3.70. The lowest BCUT2D eigenvalue weighted by Crippen LogP contribution is -2.26. The van der Waals surface area contributed by atoms with Crippen LogP contribution in [0.5, 0.6) is 0 Å². The number of benzene rings is 2. The molecule has 0 saturated heterocycles. The van der Waals surface area contributed by atoms with E-state index in [1.165, 1.54) is 0 Å². The van der Waals surface area contributed by atoms with Crippen LogP contribution in [-0.2, 0) is 11.3 Å². The van der Waals surface area contributed by atoms with Crippen molar-refractivity contribution in [1.82, 2.24) is 9.55 Å². The molecule has 2 heterocycles. The van der Waals surface area contributed by atoms with Crippen LogP contribution < -0.4 is 4.90 Å². The molecule has 2 aromatic carbocycles. The number of esters is 1. The third kappa shape index (κ3) is 3.32. The molecule has 3 aromatic rings. The minimum absolute atomic E-state index is 0.0870. The Labute approximate surface area is 174 Å². The van der Waals surface area contributed by atoms with Crippen LogP contribution in [0, 0.1) is 5.41 Å². The molecule has 0 atom stereocenters. The summed E-state index contributed by atoms with van der Waals surface area (Å²) < 4.78 is 7.21. The fraction of sp³-hybridized carbons (Fsp3) is 0.261. The molecule has 7 heteroatoms. The Hall–Kier alpha value is -3.61. The lowest BCUT2D eigenvalue weighted by molar-refractivity contribution is 0.0505. The van der Waals surface area contributed by atoms with Gasteiger partial charge in [0.2, 0.25) is 0 Å². The predicted octanol–water partition coefficient (Wildman–Crippen LogP) is 4.39. The van der Waals surface area contributed by atoms with Gasteiger partial charge in [0.25, 0.3) is 0 Å². The van der Waals surface area contributed by atoms with Crippen LogP contribution in [0.15, 0.2) is 54.3 Å². The average Bonchev–Trinajstić information content (AvgIpc) is 3.27. The van der Waals surface area contributed by atoms with E-state index < -0.39 is 5.97 Å². The lowest BCUT2D eigenvalue weighted by atomic mass is 10.2. The Morgan fingerprint density at radius 2 is 2.00 bits per heavy atom. The van der Waals surface area contributed by atoms with Crippen LogP contribution in [-0.4, -0.2) is 39.6 Å². The van der Waals surface area contributed by atoms with Crippen molar-refractivity contribution in [2.24, 2.45) is 0 Å². The third-order valence-corrected chi connectivity index (χ3v) is 5.13. The number of hydrogen-bond acceptors (Lipinski definition) is 5. The first-order chi connectivity index (χ1) is 14.5. The molecule has 30 heavy (non-hydrogen) atoms. The second-order valence-corrected chi connectivity index (χ2v) is 7.11. The largest absolute Gasteiger partial charge is 0.509 e. The van der Waals surface area contributed by atoms with Gasteiger partial charge in [-0.25, -0.2) is 9.78 Å². The van der Waals surface area contributed by atoms with Crippen molar-refractivity contribution in [2.45, 2.75) is 26.8 Å². The summed E-state index contributed by atoms with van der Waals surface area (Å²) in [6, 6.07) is 14.7. The molecule has 0 unspecified atom stereocenters. The zero-order valence-corrected chi connectivity index (χ0v) is 17.1. The number of imidazole rings is 1. The van der Waals surface area contributed by atoms with E-state index in [2.05, 4.69) is 4.98 Å². The molecule has 2 N–H and O–H groups in total. The van der Waals surface area contributed by atoms with Gasteiger partial charge < -0.3 is 19.3 Å². The number of carbonyl (C=O) groups is 1. The number of aliphatic hydroxyl groups is 1. The number of carbonyl (C=O) groups excluding carboxylic acids is 1. The number of aromatic nitrogens is 2. The van der Waals surface area contributed by atoms with Crippen LogP contribution in [0.4, 0.5) is 5.69 Å². The number of aliphatic hydroxyl groups excluding tert-OH is 1. The molecule has 0 amide bonds. The van der Waals surface area contributed by atoms with Crippen molar-refractivity contribution in [3.8, 4) is 0 Å². The molecular formula is C23H24N4O3. The summed E-state index contributed by atoms with van der Waals surface area (Å²) in [5, 5.41) is 19.5. The van der Waals surface area contributed by atoms with Crippen molar-refractivity contribution < 1.29 is 14.6 Å². The van der Waals surface area contributed by atoms with Gasteiger partial charge in [-0.2, -0.15) is 0 Å². The smallest absolute Gasteiger partial charge is 0.338 e. The van der Waals surface area contributed by atoms with E-state index in [0.29, 0.717) is 35.8 Å². The van der Waals surface area contributed by atoms with E-state index in [9.17, 15) is 9.90 Å². The molecule has 0 bridgehead atoms. The Bertz CT molecular complexity index is 1160. The maximum absolute atomic E-state index is 12.2. The summed E-state index contributed by atoms with van der Waals surface area (Å²) in [7, 11) is 0. The van der Waals surface area contributed by atoms with Crippen LogP contribution in [0.3, 0.4) is 0 Å². The quantitative estimate of drug-likeness (QED) is 0.595. The lowest BCUT2D eigenvalue weighted by Gasteiger charge is -2.19. The number of para-hydroxylation sites is 2. The van der Waals surface area contributed by atoms with E-state index in [1.54, 1.807) is 23.1 Å². The number of aryl methyl sites for hydroxylation is 1. The zero-order chi connectivity index (χ0) is 21.3. The number of anilines is 1. The molecular weight excluding hydrogens is 380 g/mol. The molecule has 0 saturated carbocycles. The highest BCUT2D eigenvalue weighted by Gasteiger charge is 2.32. The van der Waals surface area contributed by atoms with Crippen molar-refractivity contribution >= 4 is 34.1 Å². The Balaban J connectivity index is 1.68. The minimum atomic E-state index is -0.394. The number of amidine groups is 1. The average molecular weight is 404 g/mol. The van der Waals surface area contributed by atoms with Crippen LogP contribution in [0.1, 0.15) is 36.5 Å². The van der Waals surface area contributed by atoms with Crippen LogP contribution >= 0.6 is 0 Å². The summed E-state index contributed by atoms with van der Waals surface area (Å²) in [4.78, 5) is 18.6. The van der Waals surface area contributed by atoms with Gasteiger partial charge >= 0.3 is 5.97 Å². The van der Waals surface area contributed by atoms with E-state index in [1.807, 2.05) is 48.7 Å². The van der Waals surface area contributed by atoms with Gasteiger partial charge in [0.15, 0.2) is 0 Å². The first kappa shape index (κ1) is 19.7. The number of ether oxygens (including phenoxy) is 1. The zero-order valence-electron chi connectivity index (χ0n) is 17.1. The number of hydrogen-bond donors (Lipinski definition) is 2. The number of rotatable bonds is 6. The second kappa shape index (κ2) is 8.02. The van der Waals surface area contributed by atoms with Gasteiger partial charge in [-0.05, 0) is 43.7 Å². The third-order valence-electron chi connectivity index (χ3n) is 5.13. The van der Waals surface area contributed by atoms with E-state index in [4.69, 9.17) is 10.1 Å². The number of nitrogens with zero attached hydrogens (tertiary/aromatic N) is 3. The Kier molecular flexibility index (Phi) is 5.27. The second-order valence-electron chi connectivity index (χ2n) is 7.11. The highest BCUT2D eigenvalue weighted by atomic mass is 16.5. The van der Waals surface area contributed by atoms with Gasteiger partial charge in [0.1, 0.15) is 17.4 Å². The fourth-order valence-electron chi connectivity index (χ4n) is 3.70. The highest BCUT2D eigenvalue weighted by Crippen LogP contribution is 2.32. The molecule has 1 aromatic heterocycles. The van der Waals surface area contributed by atoms with Crippen LogP contribution in [0.2, 0.25) is 0 Å². The summed E-state index contributed by atoms with van der Waals surface area (Å²) in [6.07, 6.45) is 0.752. The molecule has 154 valence electrons. The Morgan fingerprint density at radius 3 is 2.77 bits per heavy atom. The van der Waals surface area contributed by atoms with E-state index in [0.717, 1.165) is 17.5 Å². The molecule has 7 nitrogen and oxygen atoms in total. The van der Waals surface area contributed by atoms with Gasteiger partial charge in [0, 0.05) is 12.2 Å². The molecule has 0 fully saturated rings. The molecule has 0 spiro atoms. The van der Waals surface area contributed by atoms with E-state index >= 15 is 0 Å².